The second-order valence-electron chi connectivity index (χ2n) is 7.14. The summed E-state index contributed by atoms with van der Waals surface area (Å²) in [6.07, 6.45) is 5.05. The van der Waals surface area contributed by atoms with E-state index in [4.69, 9.17) is 0 Å². The van der Waals surface area contributed by atoms with Crippen molar-refractivity contribution in [2.75, 3.05) is 19.3 Å². The quantitative estimate of drug-likeness (QED) is 0.823. The van der Waals surface area contributed by atoms with Crippen LogP contribution in [0.4, 0.5) is 0 Å². The number of carbonyl (C=O) groups excluding carboxylic acids is 1. The fourth-order valence-corrected chi connectivity index (χ4v) is 4.07. The van der Waals surface area contributed by atoms with Gasteiger partial charge in [0.2, 0.25) is 5.91 Å². The lowest BCUT2D eigenvalue weighted by Crippen LogP contribution is -2.43. The van der Waals surface area contributed by atoms with Crippen molar-refractivity contribution in [2.45, 2.75) is 43.2 Å². The average molecular weight is 385 g/mol. The summed E-state index contributed by atoms with van der Waals surface area (Å²) in [6, 6.07) is 17.4. The molecule has 0 saturated carbocycles. The third-order valence-corrected chi connectivity index (χ3v) is 6.11. The number of piperidine rings is 1. The summed E-state index contributed by atoms with van der Waals surface area (Å²) in [5, 5.41) is 3.53. The van der Waals surface area contributed by atoms with E-state index < -0.39 is 10.8 Å². The third kappa shape index (κ3) is 5.05. The molecule has 1 N–H and O–H groups in total. The van der Waals surface area contributed by atoms with E-state index in [9.17, 15) is 9.00 Å². The van der Waals surface area contributed by atoms with Crippen LogP contribution in [0.3, 0.4) is 0 Å². The first kappa shape index (κ1) is 19.8. The van der Waals surface area contributed by atoms with E-state index in [1.807, 2.05) is 59.5 Å². The van der Waals surface area contributed by atoms with E-state index in [1.165, 1.54) is 6.42 Å². The minimum absolute atomic E-state index is 0.00304. The monoisotopic (exact) mass is 384 g/mol. The van der Waals surface area contributed by atoms with E-state index in [1.54, 1.807) is 6.26 Å². The number of carbonyl (C=O) groups is 1. The third-order valence-electron chi connectivity index (χ3n) is 5.18. The van der Waals surface area contributed by atoms with Gasteiger partial charge in [0.25, 0.3) is 0 Å². The highest BCUT2D eigenvalue weighted by molar-refractivity contribution is 7.84. The smallest absolute Gasteiger partial charge is 0.244 e. The van der Waals surface area contributed by atoms with Crippen molar-refractivity contribution in [1.82, 2.24) is 10.2 Å². The maximum atomic E-state index is 13.2. The number of nitrogens with one attached hydrogen (secondary N) is 1. The van der Waals surface area contributed by atoms with Crippen LogP contribution >= 0.6 is 0 Å². The van der Waals surface area contributed by atoms with Crippen molar-refractivity contribution in [2.24, 2.45) is 0 Å². The van der Waals surface area contributed by atoms with Crippen LogP contribution in [0.15, 0.2) is 59.5 Å². The molecule has 144 valence electrons. The summed E-state index contributed by atoms with van der Waals surface area (Å²) >= 11 is 0. The molecule has 1 fully saturated rings. The fourth-order valence-electron chi connectivity index (χ4n) is 3.55. The topological polar surface area (TPSA) is 49.4 Å². The Balaban J connectivity index is 1.80. The van der Waals surface area contributed by atoms with E-state index in [0.29, 0.717) is 0 Å². The van der Waals surface area contributed by atoms with Crippen molar-refractivity contribution in [3.63, 3.8) is 0 Å². The second kappa shape index (κ2) is 9.29. The molecule has 0 bridgehead atoms. The molecule has 0 spiro atoms. The molecule has 1 saturated heterocycles. The summed E-state index contributed by atoms with van der Waals surface area (Å²) in [5.41, 5.74) is 2.07. The fraction of sp³-hybridized carbons (Fsp3) is 0.409. The highest BCUT2D eigenvalue weighted by atomic mass is 32.2. The molecule has 27 heavy (non-hydrogen) atoms. The lowest BCUT2D eigenvalue weighted by Gasteiger charge is -2.32. The number of hydrogen-bond donors (Lipinski definition) is 1. The zero-order chi connectivity index (χ0) is 19.2. The van der Waals surface area contributed by atoms with E-state index in [2.05, 4.69) is 12.2 Å². The van der Waals surface area contributed by atoms with Gasteiger partial charge < -0.3 is 4.90 Å². The summed E-state index contributed by atoms with van der Waals surface area (Å²) in [4.78, 5) is 16.0. The number of nitrogens with zero attached hydrogens (tertiary/aromatic N) is 1. The van der Waals surface area contributed by atoms with Crippen LogP contribution in [0.2, 0.25) is 0 Å². The van der Waals surface area contributed by atoms with Crippen LogP contribution in [-0.2, 0) is 15.6 Å². The standard InChI is InChI=1S/C22H28N2O2S/c1-17(18-11-13-20(14-12-18)27(2)26)23-21(19-9-5-3-6-10-19)22(25)24-15-7-4-8-16-24/h3,5-6,9-14,17,21,23H,4,7-8,15-16H2,1-2H3/t17-,21-,27-/m0/s1. The first-order valence-corrected chi connectivity index (χ1v) is 11.2. The Labute approximate surface area is 164 Å². The number of benzene rings is 2. The van der Waals surface area contributed by atoms with Crippen LogP contribution in [0.5, 0.6) is 0 Å². The van der Waals surface area contributed by atoms with Gasteiger partial charge in [0, 0.05) is 41.1 Å². The van der Waals surface area contributed by atoms with Gasteiger partial charge in [-0.2, -0.15) is 0 Å². The summed E-state index contributed by atoms with van der Waals surface area (Å²) in [5.74, 6) is 0.152. The lowest BCUT2D eigenvalue weighted by molar-refractivity contribution is -0.134. The van der Waals surface area contributed by atoms with E-state index in [-0.39, 0.29) is 18.0 Å². The van der Waals surface area contributed by atoms with Crippen LogP contribution in [0.25, 0.3) is 0 Å². The van der Waals surface area contributed by atoms with Gasteiger partial charge in [-0.3, -0.25) is 14.3 Å². The van der Waals surface area contributed by atoms with E-state index >= 15 is 0 Å². The van der Waals surface area contributed by atoms with Gasteiger partial charge in [-0.1, -0.05) is 42.5 Å². The number of amides is 1. The Morgan fingerprint density at radius 1 is 0.963 bits per heavy atom. The summed E-state index contributed by atoms with van der Waals surface area (Å²) in [7, 11) is -0.983. The van der Waals surface area contributed by atoms with Gasteiger partial charge in [0.15, 0.2) is 0 Å². The molecule has 1 aliphatic heterocycles. The molecule has 0 aliphatic carbocycles. The van der Waals surface area contributed by atoms with Gasteiger partial charge in [0.1, 0.15) is 6.04 Å². The molecular weight excluding hydrogens is 356 g/mol. The maximum absolute atomic E-state index is 13.2. The predicted molar refractivity (Wildman–Crippen MR) is 110 cm³/mol. The van der Waals surface area contributed by atoms with Crippen molar-refractivity contribution in [1.29, 1.82) is 0 Å². The van der Waals surface area contributed by atoms with Gasteiger partial charge >= 0.3 is 0 Å². The molecule has 2 aromatic carbocycles. The van der Waals surface area contributed by atoms with Crippen molar-refractivity contribution < 1.29 is 9.00 Å². The molecule has 0 unspecified atom stereocenters. The van der Waals surface area contributed by atoms with Gasteiger partial charge in [0.05, 0.1) is 0 Å². The highest BCUT2D eigenvalue weighted by Crippen LogP contribution is 2.24. The molecule has 4 nitrogen and oxygen atoms in total. The molecule has 2 aromatic rings. The Bertz CT molecular complexity index is 771. The van der Waals surface area contributed by atoms with Gasteiger partial charge in [-0.05, 0) is 49.4 Å². The SMILES string of the molecule is C[C@H](N[C@H](C(=O)N1CCCCC1)c1ccccc1)c1ccc([S@](C)=O)cc1. The van der Waals surface area contributed by atoms with Crippen LogP contribution < -0.4 is 5.32 Å². The Kier molecular flexibility index (Phi) is 6.80. The Morgan fingerprint density at radius 2 is 1.59 bits per heavy atom. The van der Waals surface area contributed by atoms with Gasteiger partial charge in [-0.25, -0.2) is 0 Å². The lowest BCUT2D eigenvalue weighted by atomic mass is 10.0. The zero-order valence-electron chi connectivity index (χ0n) is 16.1. The van der Waals surface area contributed by atoms with Crippen LogP contribution in [-0.4, -0.2) is 34.4 Å². The second-order valence-corrected chi connectivity index (χ2v) is 8.52. The molecule has 3 atom stereocenters. The average Bonchev–Trinajstić information content (AvgIpc) is 2.72. The molecule has 3 rings (SSSR count). The molecular formula is C22H28N2O2S. The predicted octanol–water partition coefficient (Wildman–Crippen LogP) is 3.83. The number of rotatable bonds is 6. The molecule has 1 amide bonds. The number of likely N-dealkylation sites (tertiary alicyclic amines) is 1. The van der Waals surface area contributed by atoms with Crippen molar-refractivity contribution >= 4 is 16.7 Å². The van der Waals surface area contributed by atoms with Crippen LogP contribution in [0.1, 0.15) is 49.4 Å². The van der Waals surface area contributed by atoms with Gasteiger partial charge in [-0.15, -0.1) is 0 Å². The molecule has 0 aromatic heterocycles. The zero-order valence-corrected chi connectivity index (χ0v) is 16.9. The minimum Gasteiger partial charge on any atom is -0.341 e. The first-order valence-electron chi connectivity index (χ1n) is 9.59. The molecule has 0 radical (unpaired) electrons. The maximum Gasteiger partial charge on any atom is 0.244 e. The minimum atomic E-state index is -0.983. The normalized spacial score (nSPS) is 17.9. The van der Waals surface area contributed by atoms with Crippen molar-refractivity contribution in [3.05, 3.63) is 65.7 Å². The Morgan fingerprint density at radius 3 is 2.19 bits per heavy atom. The highest BCUT2D eigenvalue weighted by Gasteiger charge is 2.28. The Hall–Kier alpha value is -1.98. The molecule has 1 heterocycles. The molecule has 1 aliphatic rings. The summed E-state index contributed by atoms with van der Waals surface area (Å²) < 4.78 is 11.6. The number of hydrogen-bond acceptors (Lipinski definition) is 3. The van der Waals surface area contributed by atoms with E-state index in [0.717, 1.165) is 42.0 Å². The summed E-state index contributed by atoms with van der Waals surface area (Å²) in [6.45, 7) is 3.75. The first-order chi connectivity index (χ1) is 13.1. The van der Waals surface area contributed by atoms with Crippen LogP contribution in [0, 0.1) is 0 Å². The molecule has 5 heteroatoms. The largest absolute Gasteiger partial charge is 0.341 e. The van der Waals surface area contributed by atoms with Crippen molar-refractivity contribution in [3.8, 4) is 0 Å².